The van der Waals surface area contributed by atoms with Gasteiger partial charge >= 0.3 is 0 Å². The summed E-state index contributed by atoms with van der Waals surface area (Å²) in [6.07, 6.45) is 6.54. The second-order valence-electron chi connectivity index (χ2n) is 8.50. The fraction of sp³-hybridized carbons (Fsp3) is 0.308. The van der Waals surface area contributed by atoms with Crippen LogP contribution < -0.4 is 4.74 Å². The first-order chi connectivity index (χ1) is 15.4. The monoisotopic (exact) mass is 433 g/mol. The van der Waals surface area contributed by atoms with E-state index in [1.807, 2.05) is 46.9 Å². The van der Waals surface area contributed by atoms with E-state index in [0.717, 1.165) is 34.5 Å². The van der Waals surface area contributed by atoms with Crippen molar-refractivity contribution in [3.05, 3.63) is 83.2 Å². The van der Waals surface area contributed by atoms with Gasteiger partial charge in [-0.15, -0.1) is 0 Å². The molecule has 1 aliphatic heterocycles. The van der Waals surface area contributed by atoms with Gasteiger partial charge in [0.05, 0.1) is 24.8 Å². The van der Waals surface area contributed by atoms with Crippen LogP contribution in [0.2, 0.25) is 0 Å². The number of rotatable bonds is 5. The normalized spacial score (nSPS) is 20.1. The number of ether oxygens (including phenoxy) is 1. The van der Waals surface area contributed by atoms with Crippen molar-refractivity contribution in [2.45, 2.75) is 39.8 Å². The molecular formula is C26H28FN3O2. The van der Waals surface area contributed by atoms with Crippen LogP contribution in [0.3, 0.4) is 0 Å². The lowest BCUT2D eigenvalue weighted by atomic mass is 9.86. The third-order valence-electron chi connectivity index (χ3n) is 6.05. The topological polar surface area (TPSA) is 47.4 Å². The molecule has 2 heterocycles. The maximum atomic E-state index is 13.4. The molecule has 0 aliphatic carbocycles. The number of halogens is 1. The first-order valence-corrected chi connectivity index (χ1v) is 10.8. The van der Waals surface area contributed by atoms with E-state index in [0.29, 0.717) is 12.3 Å². The maximum Gasteiger partial charge on any atom is 0.250 e. The summed E-state index contributed by atoms with van der Waals surface area (Å²) in [5, 5.41) is 0. The molecule has 1 amide bonds. The summed E-state index contributed by atoms with van der Waals surface area (Å²) >= 11 is 0. The van der Waals surface area contributed by atoms with Crippen molar-refractivity contribution in [1.29, 1.82) is 0 Å². The van der Waals surface area contributed by atoms with Crippen molar-refractivity contribution < 1.29 is 13.9 Å². The summed E-state index contributed by atoms with van der Waals surface area (Å²) in [7, 11) is 1.64. The molecule has 1 fully saturated rings. The molecule has 1 aliphatic rings. The lowest BCUT2D eigenvalue weighted by molar-refractivity contribution is -0.132. The summed E-state index contributed by atoms with van der Waals surface area (Å²) in [6, 6.07) is 12.4. The number of likely N-dealkylation sites (tertiary alicyclic amines) is 1. The largest absolute Gasteiger partial charge is 0.495 e. The van der Waals surface area contributed by atoms with Gasteiger partial charge in [-0.3, -0.25) is 4.79 Å². The van der Waals surface area contributed by atoms with Crippen LogP contribution in [0.4, 0.5) is 4.39 Å². The average Bonchev–Trinajstić information content (AvgIpc) is 3.21. The summed E-state index contributed by atoms with van der Waals surface area (Å²) < 4.78 is 20.8. The van der Waals surface area contributed by atoms with E-state index < -0.39 is 0 Å². The molecule has 5 nitrogen and oxygen atoms in total. The Bertz CT molecular complexity index is 1150. The highest BCUT2D eigenvalue weighted by Crippen LogP contribution is 2.32. The van der Waals surface area contributed by atoms with Gasteiger partial charge in [0.1, 0.15) is 11.6 Å². The minimum Gasteiger partial charge on any atom is -0.495 e. The van der Waals surface area contributed by atoms with Crippen molar-refractivity contribution in [2.24, 2.45) is 5.92 Å². The third-order valence-corrected chi connectivity index (χ3v) is 6.05. The smallest absolute Gasteiger partial charge is 0.250 e. The second kappa shape index (κ2) is 8.99. The van der Waals surface area contributed by atoms with E-state index in [4.69, 9.17) is 4.74 Å². The van der Waals surface area contributed by atoms with Gasteiger partial charge in [-0.1, -0.05) is 25.1 Å². The number of carbonyl (C=O) groups is 1. The number of nitrogens with zero attached hydrogens (tertiary/aromatic N) is 3. The second-order valence-corrected chi connectivity index (χ2v) is 8.50. The Kier molecular flexibility index (Phi) is 6.12. The van der Waals surface area contributed by atoms with Crippen LogP contribution in [0.25, 0.3) is 11.8 Å². The number of hydrogen-bond donors (Lipinski definition) is 0. The number of piperidine rings is 1. The van der Waals surface area contributed by atoms with Gasteiger partial charge in [-0.05, 0) is 67.7 Å². The van der Waals surface area contributed by atoms with Gasteiger partial charge in [0.25, 0.3) is 5.91 Å². The Morgan fingerprint density at radius 2 is 1.94 bits per heavy atom. The minimum atomic E-state index is -0.274. The molecule has 1 saturated heterocycles. The molecule has 6 heteroatoms. The zero-order valence-electron chi connectivity index (χ0n) is 18.9. The van der Waals surface area contributed by atoms with Crippen molar-refractivity contribution in [3.8, 4) is 11.4 Å². The molecule has 1 aromatic heterocycles. The zero-order valence-corrected chi connectivity index (χ0v) is 18.9. The van der Waals surface area contributed by atoms with Crippen LogP contribution in [-0.2, 0) is 11.3 Å². The number of aryl methyl sites for hydroxylation is 1. The summed E-state index contributed by atoms with van der Waals surface area (Å²) in [4.78, 5) is 19.6. The van der Waals surface area contributed by atoms with Gasteiger partial charge in [0, 0.05) is 24.4 Å². The summed E-state index contributed by atoms with van der Waals surface area (Å²) in [6.45, 7) is 6.57. The van der Waals surface area contributed by atoms with Crippen molar-refractivity contribution >= 4 is 12.0 Å². The highest BCUT2D eigenvalue weighted by molar-refractivity contribution is 5.99. The van der Waals surface area contributed by atoms with Gasteiger partial charge in [-0.2, -0.15) is 0 Å². The molecule has 3 aromatic rings. The quantitative estimate of drug-likeness (QED) is 0.522. The molecule has 0 spiro atoms. The molecule has 0 bridgehead atoms. The van der Waals surface area contributed by atoms with Gasteiger partial charge < -0.3 is 14.2 Å². The highest BCUT2D eigenvalue weighted by atomic mass is 19.1. The standard InChI is InChI=1S/C26H28FN3O2/c1-17-11-19(3)30(15-20-5-8-22(27)9-6-20)26(31)23(17)12-21-7-10-24(25(13-21)32-4)29-14-18(2)28-16-29/h5-10,12-14,16-17,19H,11,15H2,1-4H3/b23-12+/t17-,19+/m0/s1. The number of aromatic nitrogens is 2. The van der Waals surface area contributed by atoms with Crippen LogP contribution in [0.15, 0.2) is 60.6 Å². The Morgan fingerprint density at radius 3 is 2.59 bits per heavy atom. The summed E-state index contributed by atoms with van der Waals surface area (Å²) in [5.41, 5.74) is 4.43. The average molecular weight is 434 g/mol. The molecule has 0 unspecified atom stereocenters. The van der Waals surface area contributed by atoms with Crippen LogP contribution in [-0.4, -0.2) is 33.5 Å². The first-order valence-electron chi connectivity index (χ1n) is 10.8. The Labute approximate surface area is 188 Å². The molecule has 0 saturated carbocycles. The molecular weight excluding hydrogens is 405 g/mol. The van der Waals surface area contributed by atoms with Gasteiger partial charge in [-0.25, -0.2) is 9.37 Å². The van der Waals surface area contributed by atoms with E-state index in [1.165, 1.54) is 12.1 Å². The van der Waals surface area contributed by atoms with Crippen molar-refractivity contribution in [3.63, 3.8) is 0 Å². The van der Waals surface area contributed by atoms with E-state index in [1.54, 1.807) is 25.6 Å². The number of benzene rings is 2. The number of carbonyl (C=O) groups excluding carboxylic acids is 1. The Morgan fingerprint density at radius 1 is 1.19 bits per heavy atom. The van der Waals surface area contributed by atoms with E-state index >= 15 is 0 Å². The lowest BCUT2D eigenvalue weighted by Crippen LogP contribution is -2.45. The zero-order chi connectivity index (χ0) is 22.8. The predicted octanol–water partition coefficient (Wildman–Crippen LogP) is 5.17. The van der Waals surface area contributed by atoms with Crippen LogP contribution >= 0.6 is 0 Å². The number of amides is 1. The van der Waals surface area contributed by atoms with Gasteiger partial charge in [0.15, 0.2) is 0 Å². The van der Waals surface area contributed by atoms with Gasteiger partial charge in [0.2, 0.25) is 0 Å². The number of imidazole rings is 1. The van der Waals surface area contributed by atoms with E-state index in [9.17, 15) is 9.18 Å². The first kappa shape index (κ1) is 21.8. The predicted molar refractivity (Wildman–Crippen MR) is 123 cm³/mol. The fourth-order valence-corrected chi connectivity index (χ4v) is 4.29. The molecule has 32 heavy (non-hydrogen) atoms. The molecule has 4 rings (SSSR count). The fourth-order valence-electron chi connectivity index (χ4n) is 4.29. The number of methoxy groups -OCH3 is 1. The minimum absolute atomic E-state index is 0.0221. The van der Waals surface area contributed by atoms with Crippen molar-refractivity contribution in [1.82, 2.24) is 14.5 Å². The molecule has 0 N–H and O–H groups in total. The molecule has 2 aromatic carbocycles. The maximum absolute atomic E-state index is 13.4. The lowest BCUT2D eigenvalue weighted by Gasteiger charge is -2.38. The van der Waals surface area contributed by atoms with Crippen LogP contribution in [0.1, 0.15) is 37.1 Å². The van der Waals surface area contributed by atoms with E-state index in [-0.39, 0.29) is 23.7 Å². The SMILES string of the molecule is COc1cc(/C=C2/C(=O)N(Cc3ccc(F)cc3)[C@H](C)C[C@@H]2C)ccc1-n1cnc(C)c1. The molecule has 0 radical (unpaired) electrons. The Hall–Kier alpha value is -3.41. The van der Waals surface area contributed by atoms with Crippen LogP contribution in [0, 0.1) is 18.7 Å². The summed E-state index contributed by atoms with van der Waals surface area (Å²) in [5.74, 6) is 0.603. The van der Waals surface area contributed by atoms with Crippen molar-refractivity contribution in [2.75, 3.05) is 7.11 Å². The van der Waals surface area contributed by atoms with E-state index in [2.05, 4.69) is 18.8 Å². The highest BCUT2D eigenvalue weighted by Gasteiger charge is 2.33. The Balaban J connectivity index is 1.63. The molecule has 166 valence electrons. The third kappa shape index (κ3) is 4.44. The number of hydrogen-bond acceptors (Lipinski definition) is 3. The van der Waals surface area contributed by atoms with Crippen LogP contribution in [0.5, 0.6) is 5.75 Å². The molecule has 2 atom stereocenters.